The van der Waals surface area contributed by atoms with Crippen molar-refractivity contribution in [3.05, 3.63) is 70.2 Å². The van der Waals surface area contributed by atoms with E-state index in [1.54, 1.807) is 48.5 Å². The number of halogens is 1. The van der Waals surface area contributed by atoms with E-state index in [0.717, 1.165) is 5.56 Å². The van der Waals surface area contributed by atoms with Gasteiger partial charge in [-0.3, -0.25) is 9.59 Å². The van der Waals surface area contributed by atoms with Gasteiger partial charge in [0.1, 0.15) is 0 Å². The van der Waals surface area contributed by atoms with Crippen LogP contribution in [0.5, 0.6) is 0 Å². The van der Waals surface area contributed by atoms with E-state index in [1.807, 2.05) is 13.0 Å². The second-order valence-electron chi connectivity index (χ2n) is 5.19. The molecular formula is C18H16ClN3O2. The molecule has 0 aliphatic heterocycles. The molecule has 122 valence electrons. The van der Waals surface area contributed by atoms with E-state index in [2.05, 4.69) is 10.6 Å². The summed E-state index contributed by atoms with van der Waals surface area (Å²) >= 11 is 5.94. The summed E-state index contributed by atoms with van der Waals surface area (Å²) in [6.45, 7) is 1.68. The Kier molecular flexibility index (Phi) is 5.94. The van der Waals surface area contributed by atoms with Gasteiger partial charge in [0.2, 0.25) is 5.91 Å². The number of hydrogen-bond acceptors (Lipinski definition) is 3. The molecule has 5 nitrogen and oxygen atoms in total. The molecule has 0 bridgehead atoms. The molecular weight excluding hydrogens is 326 g/mol. The molecule has 0 aromatic heterocycles. The highest BCUT2D eigenvalue weighted by atomic mass is 35.5. The topological polar surface area (TPSA) is 82.0 Å². The van der Waals surface area contributed by atoms with Gasteiger partial charge in [0.25, 0.3) is 5.91 Å². The van der Waals surface area contributed by atoms with Crippen molar-refractivity contribution in [2.75, 3.05) is 6.54 Å². The third-order valence-electron chi connectivity index (χ3n) is 3.45. The molecule has 1 unspecified atom stereocenters. The lowest BCUT2D eigenvalue weighted by Crippen LogP contribution is -2.38. The van der Waals surface area contributed by atoms with Crippen LogP contribution in [0, 0.1) is 11.3 Å². The first-order valence-corrected chi connectivity index (χ1v) is 7.71. The van der Waals surface area contributed by atoms with Crippen LogP contribution in [0.2, 0.25) is 5.02 Å². The number of carbonyl (C=O) groups is 2. The van der Waals surface area contributed by atoms with Gasteiger partial charge >= 0.3 is 0 Å². The van der Waals surface area contributed by atoms with Crippen LogP contribution in [-0.2, 0) is 4.79 Å². The number of nitriles is 1. The number of amides is 2. The number of benzene rings is 2. The lowest BCUT2D eigenvalue weighted by atomic mass is 10.1. The van der Waals surface area contributed by atoms with Crippen LogP contribution in [0.25, 0.3) is 0 Å². The third-order valence-corrected chi connectivity index (χ3v) is 3.77. The van der Waals surface area contributed by atoms with Crippen molar-refractivity contribution >= 4 is 23.4 Å². The molecule has 0 saturated heterocycles. The quantitative estimate of drug-likeness (QED) is 0.877. The van der Waals surface area contributed by atoms with Crippen molar-refractivity contribution in [3.8, 4) is 6.07 Å². The van der Waals surface area contributed by atoms with Crippen LogP contribution in [0.3, 0.4) is 0 Å². The SMILES string of the molecule is CC(NC(=O)CNC(=O)c1ccccc1Cl)c1ccc(C#N)cc1. The van der Waals surface area contributed by atoms with Gasteiger partial charge in [-0.25, -0.2) is 0 Å². The maximum atomic E-state index is 12.0. The monoisotopic (exact) mass is 341 g/mol. The Morgan fingerprint density at radius 2 is 1.83 bits per heavy atom. The van der Waals surface area contributed by atoms with Crippen molar-refractivity contribution < 1.29 is 9.59 Å². The van der Waals surface area contributed by atoms with Gasteiger partial charge in [-0.2, -0.15) is 5.26 Å². The highest BCUT2D eigenvalue weighted by Crippen LogP contribution is 2.15. The number of nitrogens with one attached hydrogen (secondary N) is 2. The van der Waals surface area contributed by atoms with Crippen molar-refractivity contribution in [3.63, 3.8) is 0 Å². The Hall–Kier alpha value is -2.84. The normalized spacial score (nSPS) is 11.2. The van der Waals surface area contributed by atoms with Gasteiger partial charge in [0.05, 0.1) is 34.8 Å². The third kappa shape index (κ3) is 4.58. The minimum absolute atomic E-state index is 0.148. The van der Waals surface area contributed by atoms with Crippen molar-refractivity contribution in [2.24, 2.45) is 0 Å². The molecule has 24 heavy (non-hydrogen) atoms. The van der Waals surface area contributed by atoms with E-state index < -0.39 is 5.91 Å². The largest absolute Gasteiger partial charge is 0.348 e. The summed E-state index contributed by atoms with van der Waals surface area (Å²) in [7, 11) is 0. The maximum absolute atomic E-state index is 12.0. The van der Waals surface area contributed by atoms with Crippen molar-refractivity contribution in [1.82, 2.24) is 10.6 Å². The molecule has 2 aromatic rings. The first-order valence-electron chi connectivity index (χ1n) is 7.33. The Balaban J connectivity index is 1.87. The van der Waals surface area contributed by atoms with E-state index in [-0.39, 0.29) is 18.5 Å². The molecule has 0 saturated carbocycles. The fourth-order valence-corrected chi connectivity index (χ4v) is 2.34. The molecule has 0 heterocycles. The fraction of sp³-hybridized carbons (Fsp3) is 0.167. The van der Waals surface area contributed by atoms with Crippen LogP contribution in [-0.4, -0.2) is 18.4 Å². The highest BCUT2D eigenvalue weighted by Gasteiger charge is 2.13. The average molecular weight is 342 g/mol. The molecule has 6 heteroatoms. The molecule has 0 spiro atoms. The van der Waals surface area contributed by atoms with Crippen molar-refractivity contribution in [2.45, 2.75) is 13.0 Å². The van der Waals surface area contributed by atoms with Gasteiger partial charge in [-0.05, 0) is 36.8 Å². The summed E-state index contributed by atoms with van der Waals surface area (Å²) in [5, 5.41) is 14.4. The van der Waals surface area contributed by atoms with E-state index in [9.17, 15) is 9.59 Å². The van der Waals surface area contributed by atoms with E-state index in [0.29, 0.717) is 16.1 Å². The minimum Gasteiger partial charge on any atom is -0.348 e. The summed E-state index contributed by atoms with van der Waals surface area (Å²) in [5.41, 5.74) is 1.76. The van der Waals surface area contributed by atoms with Crippen LogP contribution in [0.1, 0.15) is 34.5 Å². The van der Waals surface area contributed by atoms with Gasteiger partial charge in [0, 0.05) is 0 Å². The Labute approximate surface area is 145 Å². The molecule has 2 aromatic carbocycles. The smallest absolute Gasteiger partial charge is 0.253 e. The average Bonchev–Trinajstić information content (AvgIpc) is 2.60. The molecule has 2 N–H and O–H groups in total. The zero-order chi connectivity index (χ0) is 17.5. The molecule has 2 amide bonds. The first kappa shape index (κ1) is 17.5. The standard InChI is InChI=1S/C18H16ClN3O2/c1-12(14-8-6-13(10-20)7-9-14)22-17(23)11-21-18(24)15-4-2-3-5-16(15)19/h2-9,12H,11H2,1H3,(H,21,24)(H,22,23). The van der Waals surface area contributed by atoms with E-state index in [4.69, 9.17) is 16.9 Å². The summed E-state index contributed by atoms with van der Waals surface area (Å²) in [6, 6.07) is 15.4. The molecule has 0 fully saturated rings. The highest BCUT2D eigenvalue weighted by molar-refractivity contribution is 6.33. The van der Waals surface area contributed by atoms with E-state index in [1.165, 1.54) is 0 Å². The molecule has 2 rings (SSSR count). The fourth-order valence-electron chi connectivity index (χ4n) is 2.12. The second-order valence-corrected chi connectivity index (χ2v) is 5.59. The molecule has 0 aliphatic rings. The van der Waals surface area contributed by atoms with Crippen LogP contribution < -0.4 is 10.6 Å². The summed E-state index contributed by atoms with van der Waals surface area (Å²) in [4.78, 5) is 23.9. The first-order chi connectivity index (χ1) is 11.5. The number of rotatable bonds is 5. The van der Waals surface area contributed by atoms with Gasteiger partial charge < -0.3 is 10.6 Å². The van der Waals surface area contributed by atoms with E-state index >= 15 is 0 Å². The van der Waals surface area contributed by atoms with Crippen LogP contribution in [0.4, 0.5) is 0 Å². The molecule has 0 aliphatic carbocycles. The molecule has 1 atom stereocenters. The van der Waals surface area contributed by atoms with Gasteiger partial charge in [0.15, 0.2) is 0 Å². The number of carbonyl (C=O) groups excluding carboxylic acids is 2. The summed E-state index contributed by atoms with van der Waals surface area (Å²) in [6.07, 6.45) is 0. The predicted octanol–water partition coefficient (Wildman–Crippen LogP) is 2.82. The number of nitrogens with zero attached hydrogens (tertiary/aromatic N) is 1. The minimum atomic E-state index is -0.401. The Morgan fingerprint density at radius 1 is 1.17 bits per heavy atom. The molecule has 0 radical (unpaired) electrons. The Morgan fingerprint density at radius 3 is 2.46 bits per heavy atom. The maximum Gasteiger partial charge on any atom is 0.253 e. The van der Waals surface area contributed by atoms with Crippen molar-refractivity contribution in [1.29, 1.82) is 5.26 Å². The lowest BCUT2D eigenvalue weighted by Gasteiger charge is -2.15. The predicted molar refractivity (Wildman–Crippen MR) is 91.5 cm³/mol. The van der Waals surface area contributed by atoms with Crippen LogP contribution in [0.15, 0.2) is 48.5 Å². The zero-order valence-corrected chi connectivity index (χ0v) is 13.8. The summed E-state index contributed by atoms with van der Waals surface area (Å²) in [5.74, 6) is -0.714. The van der Waals surface area contributed by atoms with Gasteiger partial charge in [-0.15, -0.1) is 0 Å². The lowest BCUT2D eigenvalue weighted by molar-refractivity contribution is -0.120. The summed E-state index contributed by atoms with van der Waals surface area (Å²) < 4.78 is 0. The van der Waals surface area contributed by atoms with Crippen LogP contribution >= 0.6 is 11.6 Å². The number of hydrogen-bond donors (Lipinski definition) is 2. The Bertz CT molecular complexity index is 782. The second kappa shape index (κ2) is 8.14. The van der Waals surface area contributed by atoms with Gasteiger partial charge in [-0.1, -0.05) is 35.9 Å². The zero-order valence-electron chi connectivity index (χ0n) is 13.0.